The number of nitrogens with two attached hydrogens (primary N) is 1. The van der Waals surface area contributed by atoms with Crippen LogP contribution >= 0.6 is 11.8 Å². The summed E-state index contributed by atoms with van der Waals surface area (Å²) in [5.41, 5.74) is 10.3. The molecule has 0 heterocycles. The molecule has 0 aliphatic heterocycles. The minimum atomic E-state index is -0.385. The number of benzene rings is 2. The summed E-state index contributed by atoms with van der Waals surface area (Å²) in [6.45, 7) is 4.19. The van der Waals surface area contributed by atoms with Crippen LogP contribution in [0.15, 0.2) is 41.3 Å². The van der Waals surface area contributed by atoms with Crippen LogP contribution in [-0.2, 0) is 10.5 Å². The summed E-state index contributed by atoms with van der Waals surface area (Å²) in [5, 5.41) is 0. The number of carbonyl (C=O) groups is 1. The van der Waals surface area contributed by atoms with Gasteiger partial charge >= 0.3 is 5.97 Å². The molecule has 2 rings (SSSR count). The van der Waals surface area contributed by atoms with Gasteiger partial charge in [-0.15, -0.1) is 11.8 Å². The number of thioether (sulfide) groups is 1. The lowest BCUT2D eigenvalue weighted by Gasteiger charge is -2.11. The largest absolute Gasteiger partial charge is 0.465 e. The molecule has 0 saturated carbocycles. The van der Waals surface area contributed by atoms with Crippen molar-refractivity contribution in [1.29, 1.82) is 0 Å². The molecule has 0 amide bonds. The quantitative estimate of drug-likeness (QED) is 0.527. The van der Waals surface area contributed by atoms with E-state index in [1.165, 1.54) is 23.1 Å². The minimum Gasteiger partial charge on any atom is -0.465 e. The van der Waals surface area contributed by atoms with Crippen molar-refractivity contribution >= 4 is 23.4 Å². The van der Waals surface area contributed by atoms with Gasteiger partial charge in [0, 0.05) is 16.3 Å². The first kappa shape index (κ1) is 15.4. The third-order valence-corrected chi connectivity index (χ3v) is 4.49. The third kappa shape index (κ3) is 3.58. The van der Waals surface area contributed by atoms with Gasteiger partial charge in [0.25, 0.3) is 0 Å². The monoisotopic (exact) mass is 301 g/mol. The summed E-state index contributed by atoms with van der Waals surface area (Å²) in [6.07, 6.45) is 0. The molecule has 2 aromatic rings. The molecule has 4 heteroatoms. The highest BCUT2D eigenvalue weighted by Gasteiger charge is 2.15. The number of esters is 1. The predicted molar refractivity (Wildman–Crippen MR) is 87.7 cm³/mol. The number of nitrogen functional groups attached to an aromatic ring is 1. The van der Waals surface area contributed by atoms with E-state index in [0.717, 1.165) is 5.56 Å². The van der Waals surface area contributed by atoms with Crippen molar-refractivity contribution in [1.82, 2.24) is 0 Å². The maximum atomic E-state index is 11.9. The van der Waals surface area contributed by atoms with E-state index >= 15 is 0 Å². The number of anilines is 1. The molecule has 0 atom stereocenters. The number of aryl methyl sites for hydroxylation is 2. The Labute approximate surface area is 129 Å². The lowest BCUT2D eigenvalue weighted by Crippen LogP contribution is -2.09. The second-order valence-corrected chi connectivity index (χ2v) is 5.96. The van der Waals surface area contributed by atoms with E-state index in [4.69, 9.17) is 10.5 Å². The van der Waals surface area contributed by atoms with E-state index in [2.05, 4.69) is 32.0 Å². The van der Waals surface area contributed by atoms with Crippen LogP contribution in [0.5, 0.6) is 0 Å². The van der Waals surface area contributed by atoms with Crippen LogP contribution in [0.2, 0.25) is 0 Å². The van der Waals surface area contributed by atoms with Gasteiger partial charge < -0.3 is 10.5 Å². The van der Waals surface area contributed by atoms with Gasteiger partial charge in [-0.05, 0) is 48.7 Å². The molecule has 0 saturated heterocycles. The zero-order chi connectivity index (χ0) is 15.4. The smallest absolute Gasteiger partial charge is 0.340 e. The highest BCUT2D eigenvalue weighted by Crippen LogP contribution is 2.28. The maximum Gasteiger partial charge on any atom is 0.340 e. The Morgan fingerprint density at radius 3 is 2.62 bits per heavy atom. The van der Waals surface area contributed by atoms with Crippen molar-refractivity contribution in [3.63, 3.8) is 0 Å². The Morgan fingerprint density at radius 1 is 1.19 bits per heavy atom. The molecule has 2 aromatic carbocycles. The highest BCUT2D eigenvalue weighted by atomic mass is 32.2. The van der Waals surface area contributed by atoms with Gasteiger partial charge in [0.05, 0.1) is 12.7 Å². The van der Waals surface area contributed by atoms with E-state index in [1.807, 2.05) is 12.1 Å². The molecule has 0 aromatic heterocycles. The fourth-order valence-electron chi connectivity index (χ4n) is 2.06. The first-order valence-electron chi connectivity index (χ1n) is 6.68. The van der Waals surface area contributed by atoms with Crippen LogP contribution in [0.1, 0.15) is 27.0 Å². The lowest BCUT2D eigenvalue weighted by molar-refractivity contribution is 0.0601. The zero-order valence-corrected chi connectivity index (χ0v) is 13.3. The number of ether oxygens (including phenoxy) is 1. The van der Waals surface area contributed by atoms with Gasteiger partial charge in [-0.25, -0.2) is 4.79 Å². The lowest BCUT2D eigenvalue weighted by atomic mass is 10.1. The van der Waals surface area contributed by atoms with Crippen molar-refractivity contribution in [2.24, 2.45) is 0 Å². The highest BCUT2D eigenvalue weighted by molar-refractivity contribution is 7.98. The Bertz CT molecular complexity index is 668. The topological polar surface area (TPSA) is 52.3 Å². The fourth-order valence-corrected chi connectivity index (χ4v) is 3.04. The SMILES string of the molecule is COC(=O)c1c(N)cccc1CSc1ccc(C)c(C)c1. The van der Waals surface area contributed by atoms with Crippen molar-refractivity contribution in [2.75, 3.05) is 12.8 Å². The standard InChI is InChI=1S/C17H19NO2S/c1-11-7-8-14(9-12(11)2)21-10-13-5-4-6-15(18)16(13)17(19)20-3/h4-9H,10,18H2,1-3H3. The maximum absolute atomic E-state index is 11.9. The predicted octanol–water partition coefficient (Wildman–Crippen LogP) is 3.96. The normalized spacial score (nSPS) is 10.4. The number of methoxy groups -OCH3 is 1. The van der Waals surface area contributed by atoms with Crippen LogP contribution in [0, 0.1) is 13.8 Å². The molecule has 3 nitrogen and oxygen atoms in total. The van der Waals surface area contributed by atoms with Crippen LogP contribution in [-0.4, -0.2) is 13.1 Å². The minimum absolute atomic E-state index is 0.385. The molecule has 21 heavy (non-hydrogen) atoms. The van der Waals surface area contributed by atoms with E-state index in [0.29, 0.717) is 17.0 Å². The molecule has 0 bridgehead atoms. The summed E-state index contributed by atoms with van der Waals surface area (Å²) in [6, 6.07) is 11.9. The molecule has 0 unspecified atom stereocenters. The van der Waals surface area contributed by atoms with Crippen LogP contribution in [0.3, 0.4) is 0 Å². The summed E-state index contributed by atoms with van der Waals surface area (Å²) in [4.78, 5) is 13.0. The van der Waals surface area contributed by atoms with Gasteiger partial charge in [-0.2, -0.15) is 0 Å². The van der Waals surface area contributed by atoms with Crippen molar-refractivity contribution in [3.8, 4) is 0 Å². The second kappa shape index (κ2) is 6.68. The van der Waals surface area contributed by atoms with Crippen LogP contribution in [0.4, 0.5) is 5.69 Å². The fraction of sp³-hybridized carbons (Fsp3) is 0.235. The second-order valence-electron chi connectivity index (χ2n) is 4.91. The summed E-state index contributed by atoms with van der Waals surface area (Å²) in [5.74, 6) is 0.293. The average molecular weight is 301 g/mol. The molecule has 0 aliphatic carbocycles. The summed E-state index contributed by atoms with van der Waals surface area (Å²) < 4.78 is 4.82. The van der Waals surface area contributed by atoms with E-state index < -0.39 is 0 Å². The number of carbonyl (C=O) groups excluding carboxylic acids is 1. The van der Waals surface area contributed by atoms with Crippen LogP contribution in [0.25, 0.3) is 0 Å². The van der Waals surface area contributed by atoms with E-state index in [9.17, 15) is 4.79 Å². The number of hydrogen-bond acceptors (Lipinski definition) is 4. The van der Waals surface area contributed by atoms with Crippen molar-refractivity contribution < 1.29 is 9.53 Å². The number of hydrogen-bond donors (Lipinski definition) is 1. The summed E-state index contributed by atoms with van der Waals surface area (Å²) in [7, 11) is 1.37. The van der Waals surface area contributed by atoms with Gasteiger partial charge in [-0.3, -0.25) is 0 Å². The first-order chi connectivity index (χ1) is 10.0. The van der Waals surface area contributed by atoms with Crippen molar-refractivity contribution in [2.45, 2.75) is 24.5 Å². The molecule has 110 valence electrons. The average Bonchev–Trinajstić information content (AvgIpc) is 2.48. The molecular formula is C17H19NO2S. The first-order valence-corrected chi connectivity index (χ1v) is 7.67. The van der Waals surface area contributed by atoms with E-state index in [-0.39, 0.29) is 5.97 Å². The van der Waals surface area contributed by atoms with Gasteiger partial charge in [-0.1, -0.05) is 18.2 Å². The Morgan fingerprint density at radius 2 is 1.95 bits per heavy atom. The van der Waals surface area contributed by atoms with Crippen LogP contribution < -0.4 is 5.73 Å². The van der Waals surface area contributed by atoms with Gasteiger partial charge in [0.15, 0.2) is 0 Å². The molecule has 0 aliphatic rings. The Hall–Kier alpha value is -1.94. The number of rotatable bonds is 4. The Kier molecular flexibility index (Phi) is 4.91. The molecule has 0 fully saturated rings. The van der Waals surface area contributed by atoms with Gasteiger partial charge in [0.1, 0.15) is 0 Å². The molecular weight excluding hydrogens is 282 g/mol. The third-order valence-electron chi connectivity index (χ3n) is 3.45. The van der Waals surface area contributed by atoms with E-state index in [1.54, 1.807) is 17.8 Å². The summed E-state index contributed by atoms with van der Waals surface area (Å²) >= 11 is 1.68. The molecule has 2 N–H and O–H groups in total. The Balaban J connectivity index is 2.22. The van der Waals surface area contributed by atoms with Crippen molar-refractivity contribution in [3.05, 3.63) is 58.7 Å². The molecule has 0 spiro atoms. The molecule has 0 radical (unpaired) electrons. The zero-order valence-electron chi connectivity index (χ0n) is 12.5. The van der Waals surface area contributed by atoms with Gasteiger partial charge in [0.2, 0.25) is 0 Å².